The summed E-state index contributed by atoms with van der Waals surface area (Å²) >= 11 is 0. The minimum Gasteiger partial charge on any atom is -0.507 e. The van der Waals surface area contributed by atoms with Gasteiger partial charge in [-0.3, -0.25) is 9.59 Å². The van der Waals surface area contributed by atoms with E-state index in [0.717, 1.165) is 0 Å². The number of ether oxygens (including phenoxy) is 1. The van der Waals surface area contributed by atoms with Crippen molar-refractivity contribution in [3.63, 3.8) is 0 Å². The molecular formula is C14H18O4. The summed E-state index contributed by atoms with van der Waals surface area (Å²) in [4.78, 5) is 23.5. The maximum Gasteiger partial charge on any atom is 0.173 e. The van der Waals surface area contributed by atoms with Crippen molar-refractivity contribution < 1.29 is 19.4 Å². The zero-order chi connectivity index (χ0) is 13.7. The van der Waals surface area contributed by atoms with Crippen LogP contribution in [0.25, 0.3) is 0 Å². The molecule has 18 heavy (non-hydrogen) atoms. The number of carbonyl (C=O) groups excluding carboxylic acids is 2. The summed E-state index contributed by atoms with van der Waals surface area (Å²) < 4.78 is 4.93. The molecule has 0 aromatic heterocycles. The number of hydrogen-bond donors (Lipinski definition) is 1. The maximum absolute atomic E-state index is 11.9. The number of hydrogen-bond acceptors (Lipinski definition) is 4. The van der Waals surface area contributed by atoms with Crippen molar-refractivity contribution in [1.29, 1.82) is 0 Å². The summed E-state index contributed by atoms with van der Waals surface area (Å²) in [7, 11) is 1.47. The quantitative estimate of drug-likeness (QED) is 0.622. The number of methoxy groups -OCH3 is 1. The van der Waals surface area contributed by atoms with Crippen molar-refractivity contribution in [2.45, 2.75) is 26.7 Å². The molecule has 1 N–H and O–H groups in total. The van der Waals surface area contributed by atoms with Crippen molar-refractivity contribution >= 4 is 11.6 Å². The van der Waals surface area contributed by atoms with Gasteiger partial charge in [0.1, 0.15) is 17.3 Å². The Hall–Kier alpha value is -1.84. The summed E-state index contributed by atoms with van der Waals surface area (Å²) in [6.45, 7) is 3.70. The predicted molar refractivity (Wildman–Crippen MR) is 68.1 cm³/mol. The Bertz CT molecular complexity index is 451. The summed E-state index contributed by atoms with van der Waals surface area (Å²) in [5, 5.41) is 9.69. The molecule has 0 aliphatic carbocycles. The molecule has 1 atom stereocenters. The molecule has 0 amide bonds. The Kier molecular flexibility index (Phi) is 4.89. The Balaban J connectivity index is 2.82. The van der Waals surface area contributed by atoms with Crippen LogP contribution < -0.4 is 4.74 Å². The van der Waals surface area contributed by atoms with Gasteiger partial charge in [0, 0.05) is 12.0 Å². The largest absolute Gasteiger partial charge is 0.507 e. The van der Waals surface area contributed by atoms with Crippen molar-refractivity contribution in [3.8, 4) is 11.5 Å². The predicted octanol–water partition coefficient (Wildman–Crippen LogP) is 2.59. The van der Waals surface area contributed by atoms with Gasteiger partial charge >= 0.3 is 0 Å². The molecule has 1 aromatic carbocycles. The summed E-state index contributed by atoms with van der Waals surface area (Å²) in [6.07, 6.45) is 0.537. The fourth-order valence-electron chi connectivity index (χ4n) is 1.53. The zero-order valence-corrected chi connectivity index (χ0v) is 10.9. The molecular weight excluding hydrogens is 232 g/mol. The van der Waals surface area contributed by atoms with Gasteiger partial charge in [-0.15, -0.1) is 0 Å². The van der Waals surface area contributed by atoms with E-state index in [0.29, 0.717) is 12.2 Å². The Labute approximate surface area is 107 Å². The van der Waals surface area contributed by atoms with Crippen LogP contribution in [0.1, 0.15) is 37.0 Å². The van der Waals surface area contributed by atoms with E-state index in [4.69, 9.17) is 4.74 Å². The fraction of sp³-hybridized carbons (Fsp3) is 0.429. The van der Waals surface area contributed by atoms with Gasteiger partial charge in [0.2, 0.25) is 0 Å². The second-order valence-corrected chi connectivity index (χ2v) is 4.26. The minimum absolute atomic E-state index is 0.0993. The molecule has 0 aliphatic heterocycles. The van der Waals surface area contributed by atoms with Crippen molar-refractivity contribution in [1.82, 2.24) is 0 Å². The van der Waals surface area contributed by atoms with Crippen LogP contribution in [0.5, 0.6) is 11.5 Å². The van der Waals surface area contributed by atoms with E-state index in [-0.39, 0.29) is 35.2 Å². The SMILES string of the molecule is CCC(C)C(=O)CC(=O)c1ccc(OC)cc1O. The van der Waals surface area contributed by atoms with Crippen LogP contribution in [0.2, 0.25) is 0 Å². The number of rotatable bonds is 6. The van der Waals surface area contributed by atoms with E-state index >= 15 is 0 Å². The first-order valence-corrected chi connectivity index (χ1v) is 5.92. The molecule has 0 saturated carbocycles. The van der Waals surface area contributed by atoms with Crippen LogP contribution in [-0.4, -0.2) is 23.8 Å². The molecule has 0 spiro atoms. The van der Waals surface area contributed by atoms with Crippen LogP contribution in [0.4, 0.5) is 0 Å². The lowest BCUT2D eigenvalue weighted by atomic mass is 9.96. The molecule has 1 aromatic rings. The first-order valence-electron chi connectivity index (χ1n) is 5.92. The third-order valence-electron chi connectivity index (χ3n) is 3.00. The third-order valence-corrected chi connectivity index (χ3v) is 3.00. The van der Waals surface area contributed by atoms with E-state index in [1.54, 1.807) is 13.0 Å². The number of ketones is 2. The molecule has 0 radical (unpaired) electrons. The number of aromatic hydroxyl groups is 1. The second kappa shape index (κ2) is 6.19. The molecule has 1 rings (SSSR count). The number of carbonyl (C=O) groups is 2. The number of Topliss-reactive ketones (excluding diaryl/α,β-unsaturated/α-hetero) is 2. The highest BCUT2D eigenvalue weighted by Gasteiger charge is 2.19. The van der Waals surface area contributed by atoms with Crippen LogP contribution >= 0.6 is 0 Å². The Morgan fingerprint density at radius 1 is 1.39 bits per heavy atom. The first kappa shape index (κ1) is 14.2. The highest BCUT2D eigenvalue weighted by molar-refractivity contribution is 6.09. The van der Waals surface area contributed by atoms with Gasteiger partial charge in [-0.2, -0.15) is 0 Å². The molecule has 1 unspecified atom stereocenters. The minimum atomic E-state index is -0.361. The first-order chi connectivity index (χ1) is 8.49. The second-order valence-electron chi connectivity index (χ2n) is 4.26. The van der Waals surface area contributed by atoms with E-state index in [9.17, 15) is 14.7 Å². The molecule has 4 heteroatoms. The molecule has 0 heterocycles. The summed E-state index contributed by atoms with van der Waals surface area (Å²) in [5.41, 5.74) is 0.160. The van der Waals surface area contributed by atoms with Gasteiger partial charge in [0.15, 0.2) is 5.78 Å². The fourth-order valence-corrected chi connectivity index (χ4v) is 1.53. The number of benzene rings is 1. The lowest BCUT2D eigenvalue weighted by molar-refractivity contribution is -0.121. The summed E-state index contributed by atoms with van der Waals surface area (Å²) in [5.74, 6) is -0.277. The third kappa shape index (κ3) is 3.32. The van der Waals surface area contributed by atoms with Crippen molar-refractivity contribution in [2.24, 2.45) is 5.92 Å². The monoisotopic (exact) mass is 250 g/mol. The highest BCUT2D eigenvalue weighted by atomic mass is 16.5. The smallest absolute Gasteiger partial charge is 0.173 e. The lowest BCUT2D eigenvalue weighted by Crippen LogP contribution is -2.15. The molecule has 0 bridgehead atoms. The normalized spacial score (nSPS) is 11.9. The van der Waals surface area contributed by atoms with Gasteiger partial charge in [-0.05, 0) is 18.6 Å². The standard InChI is InChI=1S/C14H18O4/c1-4-9(2)12(15)8-14(17)11-6-5-10(18-3)7-13(11)16/h5-7,9,16H,4,8H2,1-3H3. The molecule has 4 nitrogen and oxygen atoms in total. The van der Waals surface area contributed by atoms with E-state index < -0.39 is 0 Å². The zero-order valence-electron chi connectivity index (χ0n) is 10.9. The molecule has 0 saturated heterocycles. The maximum atomic E-state index is 11.9. The van der Waals surface area contributed by atoms with Gasteiger partial charge in [0.05, 0.1) is 19.1 Å². The van der Waals surface area contributed by atoms with Crippen LogP contribution in [0.3, 0.4) is 0 Å². The van der Waals surface area contributed by atoms with Gasteiger partial charge in [-0.1, -0.05) is 13.8 Å². The van der Waals surface area contributed by atoms with Crippen LogP contribution in [-0.2, 0) is 4.79 Å². The van der Waals surface area contributed by atoms with Gasteiger partial charge in [0.25, 0.3) is 0 Å². The molecule has 0 aliphatic rings. The van der Waals surface area contributed by atoms with E-state index in [1.807, 2.05) is 6.92 Å². The van der Waals surface area contributed by atoms with Gasteiger partial charge in [-0.25, -0.2) is 0 Å². The molecule has 0 fully saturated rings. The Morgan fingerprint density at radius 3 is 2.56 bits per heavy atom. The van der Waals surface area contributed by atoms with Crippen molar-refractivity contribution in [2.75, 3.05) is 7.11 Å². The molecule has 98 valence electrons. The Morgan fingerprint density at radius 2 is 2.06 bits per heavy atom. The van der Waals surface area contributed by atoms with Crippen LogP contribution in [0, 0.1) is 5.92 Å². The van der Waals surface area contributed by atoms with Crippen molar-refractivity contribution in [3.05, 3.63) is 23.8 Å². The lowest BCUT2D eigenvalue weighted by Gasteiger charge is -2.08. The average Bonchev–Trinajstić information content (AvgIpc) is 2.37. The number of phenols is 1. The van der Waals surface area contributed by atoms with E-state index in [2.05, 4.69) is 0 Å². The van der Waals surface area contributed by atoms with Crippen LogP contribution in [0.15, 0.2) is 18.2 Å². The highest BCUT2D eigenvalue weighted by Crippen LogP contribution is 2.25. The topological polar surface area (TPSA) is 63.6 Å². The van der Waals surface area contributed by atoms with E-state index in [1.165, 1.54) is 19.2 Å². The van der Waals surface area contributed by atoms with Gasteiger partial charge < -0.3 is 9.84 Å². The average molecular weight is 250 g/mol. The number of phenolic OH excluding ortho intramolecular Hbond substituents is 1. The summed E-state index contributed by atoms with van der Waals surface area (Å²) in [6, 6.07) is 4.42.